The van der Waals surface area contributed by atoms with Gasteiger partial charge in [-0.2, -0.15) is 5.10 Å². The Hall–Kier alpha value is -1.56. The average Bonchev–Trinajstić information content (AvgIpc) is 2.68. The number of nitrogens with two attached hydrogens (primary N) is 1. The fourth-order valence-electron chi connectivity index (χ4n) is 1.59. The summed E-state index contributed by atoms with van der Waals surface area (Å²) >= 11 is 0. The first-order chi connectivity index (χ1) is 8.02. The lowest BCUT2D eigenvalue weighted by Gasteiger charge is -2.24. The van der Waals surface area contributed by atoms with E-state index in [9.17, 15) is 4.79 Å². The first kappa shape index (κ1) is 13.5. The molecule has 0 aliphatic heterocycles. The van der Waals surface area contributed by atoms with Gasteiger partial charge in [-0.05, 0) is 13.8 Å². The van der Waals surface area contributed by atoms with Gasteiger partial charge in [0.1, 0.15) is 5.69 Å². The molecule has 0 saturated carbocycles. The van der Waals surface area contributed by atoms with Crippen molar-refractivity contribution in [2.45, 2.75) is 26.4 Å². The zero-order valence-corrected chi connectivity index (χ0v) is 10.8. The number of hydrogen-bond donors (Lipinski definition) is 1. The van der Waals surface area contributed by atoms with Crippen LogP contribution in [0.15, 0.2) is 6.20 Å². The van der Waals surface area contributed by atoms with Gasteiger partial charge in [0, 0.05) is 20.7 Å². The number of aryl methyl sites for hydroxylation is 1. The highest BCUT2D eigenvalue weighted by Gasteiger charge is 2.23. The number of likely N-dealkylation sites (N-methyl/N-ethyl adjacent to an activating group) is 1. The fraction of sp³-hybridized carbons (Fsp3) is 0.636. The molecule has 1 atom stereocenters. The van der Waals surface area contributed by atoms with Crippen molar-refractivity contribution in [3.8, 4) is 0 Å². The van der Waals surface area contributed by atoms with Crippen LogP contribution in [-0.4, -0.2) is 47.4 Å². The molecule has 0 saturated heterocycles. The molecule has 1 aromatic rings. The van der Waals surface area contributed by atoms with Crippen molar-refractivity contribution in [2.24, 2.45) is 0 Å². The van der Waals surface area contributed by atoms with Crippen LogP contribution in [0.2, 0.25) is 0 Å². The number of aromatic nitrogens is 2. The Balaban J connectivity index is 2.91. The molecular weight excluding hydrogens is 220 g/mol. The summed E-state index contributed by atoms with van der Waals surface area (Å²) < 4.78 is 6.64. The Kier molecular flexibility index (Phi) is 4.51. The van der Waals surface area contributed by atoms with E-state index < -0.39 is 0 Å². The minimum atomic E-state index is -0.133. The van der Waals surface area contributed by atoms with Gasteiger partial charge >= 0.3 is 0 Å². The maximum absolute atomic E-state index is 12.3. The quantitative estimate of drug-likeness (QED) is 0.817. The van der Waals surface area contributed by atoms with Gasteiger partial charge in [-0.25, -0.2) is 0 Å². The van der Waals surface area contributed by atoms with E-state index in [1.165, 1.54) is 6.20 Å². The molecule has 0 aliphatic carbocycles. The molecule has 1 aromatic heterocycles. The molecule has 96 valence electrons. The second-order valence-corrected chi connectivity index (χ2v) is 3.98. The zero-order valence-electron chi connectivity index (χ0n) is 10.8. The number of nitrogens with zero attached hydrogens (tertiary/aromatic N) is 3. The van der Waals surface area contributed by atoms with E-state index >= 15 is 0 Å². The largest absolute Gasteiger partial charge is 0.396 e. The molecule has 0 bridgehead atoms. The molecule has 0 aliphatic rings. The Morgan fingerprint density at radius 2 is 2.35 bits per heavy atom. The Morgan fingerprint density at radius 3 is 2.88 bits per heavy atom. The number of anilines is 1. The molecular formula is C11H20N4O2. The summed E-state index contributed by atoms with van der Waals surface area (Å²) in [5.74, 6) is -0.133. The maximum atomic E-state index is 12.3. The molecule has 17 heavy (non-hydrogen) atoms. The molecule has 1 heterocycles. The molecule has 6 heteroatoms. The van der Waals surface area contributed by atoms with Crippen LogP contribution in [0.4, 0.5) is 5.69 Å². The topological polar surface area (TPSA) is 73.4 Å². The van der Waals surface area contributed by atoms with Crippen LogP contribution in [0.1, 0.15) is 24.3 Å². The normalized spacial score (nSPS) is 12.5. The van der Waals surface area contributed by atoms with Gasteiger partial charge in [0.2, 0.25) is 0 Å². The lowest BCUT2D eigenvalue weighted by molar-refractivity contribution is 0.0623. The summed E-state index contributed by atoms with van der Waals surface area (Å²) in [5, 5.41) is 4.06. The monoisotopic (exact) mass is 240 g/mol. The number of nitrogen functional groups attached to an aromatic ring is 1. The van der Waals surface area contributed by atoms with Crippen LogP contribution >= 0.6 is 0 Å². The summed E-state index contributed by atoms with van der Waals surface area (Å²) in [7, 11) is 3.35. The Morgan fingerprint density at radius 1 is 1.71 bits per heavy atom. The van der Waals surface area contributed by atoms with Gasteiger partial charge in [-0.15, -0.1) is 0 Å². The second kappa shape index (κ2) is 5.67. The lowest BCUT2D eigenvalue weighted by atomic mass is 10.2. The molecule has 6 nitrogen and oxygen atoms in total. The Bertz CT molecular complexity index is 389. The van der Waals surface area contributed by atoms with E-state index in [-0.39, 0.29) is 11.9 Å². The van der Waals surface area contributed by atoms with E-state index in [1.54, 1.807) is 23.7 Å². The van der Waals surface area contributed by atoms with Crippen LogP contribution in [-0.2, 0) is 11.3 Å². The summed E-state index contributed by atoms with van der Waals surface area (Å²) in [4.78, 5) is 13.9. The fourth-order valence-corrected chi connectivity index (χ4v) is 1.59. The van der Waals surface area contributed by atoms with E-state index in [0.29, 0.717) is 24.5 Å². The molecule has 0 fully saturated rings. The molecule has 0 radical (unpaired) electrons. The van der Waals surface area contributed by atoms with Crippen molar-refractivity contribution in [3.05, 3.63) is 11.9 Å². The minimum absolute atomic E-state index is 0.00731. The smallest absolute Gasteiger partial charge is 0.274 e. The van der Waals surface area contributed by atoms with Crippen molar-refractivity contribution in [1.29, 1.82) is 0 Å². The summed E-state index contributed by atoms with van der Waals surface area (Å²) in [5.41, 5.74) is 6.62. The number of carbonyl (C=O) groups is 1. The SMILES string of the molecule is CCn1ncc(N)c1C(=O)N(C)C(C)COC. The summed E-state index contributed by atoms with van der Waals surface area (Å²) in [6.45, 7) is 4.94. The predicted octanol–water partition coefficient (Wildman–Crippen LogP) is 0.592. The zero-order chi connectivity index (χ0) is 13.0. The number of methoxy groups -OCH3 is 1. The van der Waals surface area contributed by atoms with Crippen LogP contribution in [0, 0.1) is 0 Å². The van der Waals surface area contributed by atoms with Crippen LogP contribution < -0.4 is 5.73 Å². The van der Waals surface area contributed by atoms with Crippen molar-refractivity contribution >= 4 is 11.6 Å². The van der Waals surface area contributed by atoms with E-state index in [0.717, 1.165) is 0 Å². The van der Waals surface area contributed by atoms with Crippen LogP contribution in [0.3, 0.4) is 0 Å². The number of hydrogen-bond acceptors (Lipinski definition) is 4. The van der Waals surface area contributed by atoms with Gasteiger partial charge in [0.15, 0.2) is 0 Å². The molecule has 2 N–H and O–H groups in total. The summed E-state index contributed by atoms with van der Waals surface area (Å²) in [6.07, 6.45) is 1.51. The van der Waals surface area contributed by atoms with E-state index in [4.69, 9.17) is 10.5 Å². The van der Waals surface area contributed by atoms with Crippen LogP contribution in [0.5, 0.6) is 0 Å². The lowest BCUT2D eigenvalue weighted by Crippen LogP contribution is -2.39. The van der Waals surface area contributed by atoms with Gasteiger partial charge < -0.3 is 15.4 Å². The highest BCUT2D eigenvalue weighted by Crippen LogP contribution is 2.14. The number of amides is 1. The average molecular weight is 240 g/mol. The molecule has 1 amide bonds. The number of carbonyl (C=O) groups excluding carboxylic acids is 1. The highest BCUT2D eigenvalue weighted by molar-refractivity contribution is 5.97. The van der Waals surface area contributed by atoms with Gasteiger partial charge in [0.05, 0.1) is 24.5 Å². The van der Waals surface area contributed by atoms with E-state index in [2.05, 4.69) is 5.10 Å². The van der Waals surface area contributed by atoms with Crippen molar-refractivity contribution < 1.29 is 9.53 Å². The maximum Gasteiger partial charge on any atom is 0.274 e. The number of ether oxygens (including phenoxy) is 1. The predicted molar refractivity (Wildman–Crippen MR) is 65.7 cm³/mol. The van der Waals surface area contributed by atoms with Gasteiger partial charge in [-0.1, -0.05) is 0 Å². The van der Waals surface area contributed by atoms with Crippen molar-refractivity contribution in [1.82, 2.24) is 14.7 Å². The number of rotatable bonds is 5. The standard InChI is InChI=1S/C11H20N4O2/c1-5-15-10(9(12)6-13-15)11(16)14(3)8(2)7-17-4/h6,8H,5,7,12H2,1-4H3. The third-order valence-electron chi connectivity index (χ3n) is 2.76. The minimum Gasteiger partial charge on any atom is -0.396 e. The first-order valence-electron chi connectivity index (χ1n) is 5.60. The second-order valence-electron chi connectivity index (χ2n) is 3.98. The highest BCUT2D eigenvalue weighted by atomic mass is 16.5. The molecule has 1 rings (SSSR count). The van der Waals surface area contributed by atoms with Crippen LogP contribution in [0.25, 0.3) is 0 Å². The molecule has 1 unspecified atom stereocenters. The Labute approximate surface area is 101 Å². The third kappa shape index (κ3) is 2.76. The van der Waals surface area contributed by atoms with Gasteiger partial charge in [-0.3, -0.25) is 9.48 Å². The van der Waals surface area contributed by atoms with Crippen molar-refractivity contribution in [2.75, 3.05) is 26.5 Å². The molecule has 0 spiro atoms. The van der Waals surface area contributed by atoms with Crippen molar-refractivity contribution in [3.63, 3.8) is 0 Å². The van der Waals surface area contributed by atoms with E-state index in [1.807, 2.05) is 13.8 Å². The molecule has 0 aromatic carbocycles. The first-order valence-corrected chi connectivity index (χ1v) is 5.60. The summed E-state index contributed by atoms with van der Waals surface area (Å²) in [6, 6.07) is -0.00731. The third-order valence-corrected chi connectivity index (χ3v) is 2.76. The van der Waals surface area contributed by atoms with Gasteiger partial charge in [0.25, 0.3) is 5.91 Å².